The smallest absolute Gasteiger partial charge is 0.293 e. The number of alkyl halides is 3. The number of hydrogen-bond acceptors (Lipinski definition) is 1. The molecule has 0 aromatic heterocycles. The number of halogens is 3. The summed E-state index contributed by atoms with van der Waals surface area (Å²) in [6.45, 7) is 0. The van der Waals surface area contributed by atoms with Gasteiger partial charge in [0.05, 0.1) is 0 Å². The van der Waals surface area contributed by atoms with Crippen molar-refractivity contribution in [1.29, 1.82) is 0 Å². The zero-order chi connectivity index (χ0) is 9.45. The number of benzene rings is 1. The molecule has 0 heterocycles. The lowest BCUT2D eigenvalue weighted by molar-refractivity contribution is -0.156. The zero-order valence-electron chi connectivity index (χ0n) is 6.08. The van der Waals surface area contributed by atoms with E-state index in [1.165, 1.54) is 0 Å². The van der Waals surface area contributed by atoms with Gasteiger partial charge in [-0.25, -0.2) is 0 Å². The number of aldehydes is 1. The summed E-state index contributed by atoms with van der Waals surface area (Å²) in [5.41, 5.74) is 0. The minimum atomic E-state index is -4.64. The third-order valence-corrected chi connectivity index (χ3v) is 0.800. The standard InChI is InChI=1S/C6H6.C2HF3O/c1-2-4-6-5-3-1;3-2(4,5)1-6/h1-6H;1H. The number of hydrogen-bond donors (Lipinski definition) is 0. The largest absolute Gasteiger partial charge is 0.446 e. The van der Waals surface area contributed by atoms with Crippen LogP contribution in [0.15, 0.2) is 36.4 Å². The first kappa shape index (κ1) is 10.7. The monoisotopic (exact) mass is 176 g/mol. The van der Waals surface area contributed by atoms with Crippen molar-refractivity contribution < 1.29 is 18.0 Å². The summed E-state index contributed by atoms with van der Waals surface area (Å²) in [6.07, 6.45) is -5.70. The van der Waals surface area contributed by atoms with Crippen molar-refractivity contribution in [1.82, 2.24) is 0 Å². The lowest BCUT2D eigenvalue weighted by Crippen LogP contribution is -2.07. The van der Waals surface area contributed by atoms with Crippen LogP contribution in [0.5, 0.6) is 0 Å². The molecule has 12 heavy (non-hydrogen) atoms. The second-order valence-electron chi connectivity index (χ2n) is 1.81. The first-order chi connectivity index (χ1) is 5.56. The molecule has 0 amide bonds. The topological polar surface area (TPSA) is 17.1 Å². The fourth-order valence-electron chi connectivity index (χ4n) is 0.385. The second kappa shape index (κ2) is 5.35. The van der Waals surface area contributed by atoms with Crippen molar-refractivity contribution in [2.75, 3.05) is 0 Å². The van der Waals surface area contributed by atoms with Gasteiger partial charge in [0, 0.05) is 0 Å². The van der Waals surface area contributed by atoms with Gasteiger partial charge >= 0.3 is 6.18 Å². The van der Waals surface area contributed by atoms with Crippen molar-refractivity contribution >= 4 is 6.29 Å². The van der Waals surface area contributed by atoms with Crippen LogP contribution in [0.3, 0.4) is 0 Å². The number of carbonyl (C=O) groups is 1. The number of rotatable bonds is 0. The molecule has 4 heteroatoms. The average molecular weight is 176 g/mol. The van der Waals surface area contributed by atoms with Crippen LogP contribution in [-0.2, 0) is 4.79 Å². The van der Waals surface area contributed by atoms with Gasteiger partial charge in [-0.1, -0.05) is 36.4 Å². The zero-order valence-corrected chi connectivity index (χ0v) is 6.08. The third-order valence-electron chi connectivity index (χ3n) is 0.800. The molecule has 0 spiro atoms. The highest BCUT2D eigenvalue weighted by Gasteiger charge is 2.24. The third kappa shape index (κ3) is 8.68. The molecule has 0 aliphatic heterocycles. The summed E-state index contributed by atoms with van der Waals surface area (Å²) in [5.74, 6) is 0. The van der Waals surface area contributed by atoms with Crippen LogP contribution in [0.25, 0.3) is 0 Å². The molecular formula is C8H7F3O. The molecule has 0 atom stereocenters. The van der Waals surface area contributed by atoms with Crippen molar-refractivity contribution in [2.24, 2.45) is 0 Å². The molecule has 0 radical (unpaired) electrons. The Morgan fingerprint density at radius 1 is 0.833 bits per heavy atom. The van der Waals surface area contributed by atoms with Crippen LogP contribution in [-0.4, -0.2) is 12.5 Å². The molecule has 0 fully saturated rings. The van der Waals surface area contributed by atoms with Gasteiger partial charge in [-0.3, -0.25) is 4.79 Å². The molecule has 0 N–H and O–H groups in total. The van der Waals surface area contributed by atoms with Gasteiger partial charge in [0.2, 0.25) is 6.29 Å². The van der Waals surface area contributed by atoms with E-state index in [9.17, 15) is 13.2 Å². The van der Waals surface area contributed by atoms with Crippen molar-refractivity contribution in [3.8, 4) is 0 Å². The SMILES string of the molecule is O=CC(F)(F)F.c1ccccc1. The van der Waals surface area contributed by atoms with Crippen molar-refractivity contribution in [3.05, 3.63) is 36.4 Å². The van der Waals surface area contributed by atoms with Crippen molar-refractivity contribution in [3.63, 3.8) is 0 Å². The first-order valence-corrected chi connectivity index (χ1v) is 3.09. The molecule has 0 saturated carbocycles. The van der Waals surface area contributed by atoms with Gasteiger partial charge in [0.15, 0.2) is 0 Å². The van der Waals surface area contributed by atoms with E-state index in [1.54, 1.807) is 0 Å². The van der Waals surface area contributed by atoms with Gasteiger partial charge in [-0.05, 0) is 0 Å². The molecule has 1 nitrogen and oxygen atoms in total. The maximum absolute atomic E-state index is 10.4. The summed E-state index contributed by atoms with van der Waals surface area (Å²) >= 11 is 0. The Labute approximate surface area is 67.8 Å². The first-order valence-electron chi connectivity index (χ1n) is 3.09. The maximum Gasteiger partial charge on any atom is 0.446 e. The number of carbonyl (C=O) groups excluding carboxylic acids is 1. The molecule has 0 unspecified atom stereocenters. The Kier molecular flexibility index (Phi) is 4.76. The predicted octanol–water partition coefficient (Wildman–Crippen LogP) is 2.43. The van der Waals surface area contributed by atoms with E-state index in [-0.39, 0.29) is 0 Å². The van der Waals surface area contributed by atoms with Crippen LogP contribution in [0.4, 0.5) is 13.2 Å². The highest BCUT2D eigenvalue weighted by molar-refractivity contribution is 5.56. The van der Waals surface area contributed by atoms with Gasteiger partial charge in [0.1, 0.15) is 0 Å². The highest BCUT2D eigenvalue weighted by Crippen LogP contribution is 2.08. The summed E-state index contributed by atoms with van der Waals surface area (Å²) in [4.78, 5) is 8.70. The summed E-state index contributed by atoms with van der Waals surface area (Å²) in [7, 11) is 0. The van der Waals surface area contributed by atoms with E-state index < -0.39 is 12.5 Å². The Bertz CT molecular complexity index is 179. The van der Waals surface area contributed by atoms with E-state index >= 15 is 0 Å². The lowest BCUT2D eigenvalue weighted by Gasteiger charge is -1.87. The fourth-order valence-corrected chi connectivity index (χ4v) is 0.385. The molecule has 1 aromatic carbocycles. The summed E-state index contributed by atoms with van der Waals surface area (Å²) in [5, 5.41) is 0. The minimum absolute atomic E-state index is 1.06. The van der Waals surface area contributed by atoms with Crippen molar-refractivity contribution in [2.45, 2.75) is 6.18 Å². The normalized spacial score (nSPS) is 9.58. The molecule has 0 bridgehead atoms. The average Bonchev–Trinajstić information content (AvgIpc) is 2.07. The van der Waals surface area contributed by atoms with E-state index in [1.807, 2.05) is 36.4 Å². The maximum atomic E-state index is 10.4. The Morgan fingerprint density at radius 3 is 1.08 bits per heavy atom. The van der Waals surface area contributed by atoms with Crippen LogP contribution in [0.1, 0.15) is 0 Å². The fraction of sp³-hybridized carbons (Fsp3) is 0.125. The van der Waals surface area contributed by atoms with Crippen LogP contribution in [0.2, 0.25) is 0 Å². The molecule has 1 aromatic rings. The van der Waals surface area contributed by atoms with Crippen LogP contribution < -0.4 is 0 Å². The van der Waals surface area contributed by atoms with Gasteiger partial charge in [-0.2, -0.15) is 13.2 Å². The Morgan fingerprint density at radius 2 is 1.00 bits per heavy atom. The molecular weight excluding hydrogens is 169 g/mol. The van der Waals surface area contributed by atoms with E-state index in [0.29, 0.717) is 0 Å². The molecule has 0 aliphatic carbocycles. The quantitative estimate of drug-likeness (QED) is 0.555. The van der Waals surface area contributed by atoms with Crippen LogP contribution >= 0.6 is 0 Å². The van der Waals surface area contributed by atoms with Gasteiger partial charge in [-0.15, -0.1) is 0 Å². The van der Waals surface area contributed by atoms with Crippen LogP contribution in [0, 0.1) is 0 Å². The second-order valence-corrected chi connectivity index (χ2v) is 1.81. The predicted molar refractivity (Wildman–Crippen MR) is 38.6 cm³/mol. The molecule has 0 aliphatic rings. The Hall–Kier alpha value is -1.32. The van der Waals surface area contributed by atoms with E-state index in [4.69, 9.17) is 4.79 Å². The molecule has 0 saturated heterocycles. The van der Waals surface area contributed by atoms with E-state index in [2.05, 4.69) is 0 Å². The van der Waals surface area contributed by atoms with Gasteiger partial charge < -0.3 is 0 Å². The Balaban J connectivity index is 0.000000202. The van der Waals surface area contributed by atoms with E-state index in [0.717, 1.165) is 0 Å². The highest BCUT2D eigenvalue weighted by atomic mass is 19.4. The lowest BCUT2D eigenvalue weighted by atomic mass is 10.4. The molecule has 66 valence electrons. The summed E-state index contributed by atoms with van der Waals surface area (Å²) < 4.78 is 31.2. The van der Waals surface area contributed by atoms with Gasteiger partial charge in [0.25, 0.3) is 0 Å². The molecule has 1 rings (SSSR count). The minimum Gasteiger partial charge on any atom is -0.293 e. The summed E-state index contributed by atoms with van der Waals surface area (Å²) in [6, 6.07) is 12.0.